The first-order valence-corrected chi connectivity index (χ1v) is 11.7. The van der Waals surface area contributed by atoms with E-state index in [4.69, 9.17) is 16.3 Å². The van der Waals surface area contributed by atoms with E-state index in [1.54, 1.807) is 17.4 Å². The molecule has 0 spiro atoms. The van der Waals surface area contributed by atoms with Gasteiger partial charge in [0.1, 0.15) is 11.9 Å². The van der Waals surface area contributed by atoms with Crippen molar-refractivity contribution in [2.24, 2.45) is 4.99 Å². The van der Waals surface area contributed by atoms with Crippen LogP contribution in [0.1, 0.15) is 33.1 Å². The van der Waals surface area contributed by atoms with Gasteiger partial charge < -0.3 is 15.4 Å². The molecule has 2 rings (SSSR count). The van der Waals surface area contributed by atoms with Crippen molar-refractivity contribution < 1.29 is 13.2 Å². The Hall–Kier alpha value is -0.780. The number of nitrogens with one attached hydrogen (secondary N) is 2. The largest absolute Gasteiger partial charge is 0.487 e. The molecule has 0 amide bonds. The maximum atomic E-state index is 12.2. The molecule has 1 saturated heterocycles. The number of ether oxygens (including phenoxy) is 1. The van der Waals surface area contributed by atoms with E-state index >= 15 is 0 Å². The highest BCUT2D eigenvalue weighted by molar-refractivity contribution is 14.0. The summed E-state index contributed by atoms with van der Waals surface area (Å²) in [6.45, 7) is 5.50. The quantitative estimate of drug-likeness (QED) is 0.291. The zero-order valence-corrected chi connectivity index (χ0v) is 21.1. The first-order chi connectivity index (χ1) is 13.4. The van der Waals surface area contributed by atoms with Crippen LogP contribution < -0.4 is 15.4 Å². The molecule has 166 valence electrons. The summed E-state index contributed by atoms with van der Waals surface area (Å²) < 4.78 is 31.8. The van der Waals surface area contributed by atoms with Gasteiger partial charge in [0.05, 0.1) is 17.3 Å². The van der Waals surface area contributed by atoms with Crippen LogP contribution in [0.15, 0.2) is 29.3 Å². The molecule has 1 aliphatic rings. The van der Waals surface area contributed by atoms with E-state index in [1.165, 1.54) is 0 Å². The van der Waals surface area contributed by atoms with Crippen molar-refractivity contribution in [3.05, 3.63) is 29.3 Å². The van der Waals surface area contributed by atoms with Gasteiger partial charge in [-0.2, -0.15) is 0 Å². The van der Waals surface area contributed by atoms with Crippen LogP contribution in [0.2, 0.25) is 5.02 Å². The summed E-state index contributed by atoms with van der Waals surface area (Å²) in [6, 6.07) is 7.58. The van der Waals surface area contributed by atoms with E-state index in [2.05, 4.69) is 15.6 Å². The summed E-state index contributed by atoms with van der Waals surface area (Å²) >= 11 is 6.12. The summed E-state index contributed by atoms with van der Waals surface area (Å²) in [4.78, 5) is 4.26. The molecule has 1 unspecified atom stereocenters. The van der Waals surface area contributed by atoms with Gasteiger partial charge in [0.15, 0.2) is 5.96 Å². The molecule has 0 aromatic heterocycles. The molecule has 1 atom stereocenters. The molecule has 0 aliphatic carbocycles. The number of aliphatic imine (C=N–C) groups is 1. The number of halogens is 2. The lowest BCUT2D eigenvalue weighted by molar-refractivity contribution is 0.223. The van der Waals surface area contributed by atoms with Gasteiger partial charge in [0.2, 0.25) is 10.0 Å². The maximum Gasteiger partial charge on any atom is 0.214 e. The predicted molar refractivity (Wildman–Crippen MR) is 130 cm³/mol. The van der Waals surface area contributed by atoms with Crippen molar-refractivity contribution >= 4 is 51.6 Å². The molecule has 1 heterocycles. The zero-order chi connectivity index (χ0) is 20.6. The van der Waals surface area contributed by atoms with E-state index in [0.29, 0.717) is 42.8 Å². The Morgan fingerprint density at radius 2 is 2.00 bits per heavy atom. The highest BCUT2D eigenvalue weighted by atomic mass is 127. The first kappa shape index (κ1) is 26.3. The van der Waals surface area contributed by atoms with Crippen LogP contribution in [0.25, 0.3) is 0 Å². The maximum absolute atomic E-state index is 12.2. The SMILES string of the molecule is CCCS(=O)(=O)N1CCC(NC(=NC)NCC(C)Oc2ccccc2Cl)CC1.I. The topological polar surface area (TPSA) is 83.0 Å². The molecule has 0 radical (unpaired) electrons. The molecule has 1 aromatic carbocycles. The highest BCUT2D eigenvalue weighted by Crippen LogP contribution is 2.24. The lowest BCUT2D eigenvalue weighted by Crippen LogP contribution is -2.51. The number of guanidine groups is 1. The number of hydrogen-bond donors (Lipinski definition) is 2. The molecule has 1 fully saturated rings. The molecule has 1 aliphatic heterocycles. The van der Waals surface area contributed by atoms with Gasteiger partial charge in [-0.25, -0.2) is 12.7 Å². The molecule has 10 heteroatoms. The van der Waals surface area contributed by atoms with Crippen molar-refractivity contribution in [2.45, 2.75) is 45.3 Å². The standard InChI is InChI=1S/C19H31ClN4O3S.HI/c1-4-13-28(25,26)24-11-9-16(10-12-24)23-19(21-3)22-14-15(2)27-18-8-6-5-7-17(18)20;/h5-8,15-16H,4,9-14H2,1-3H3,(H2,21,22,23);1H. The van der Waals surface area contributed by atoms with E-state index in [-0.39, 0.29) is 41.9 Å². The number of sulfonamides is 1. The smallest absolute Gasteiger partial charge is 0.214 e. The summed E-state index contributed by atoms with van der Waals surface area (Å²) in [5.41, 5.74) is 0. The number of rotatable bonds is 8. The van der Waals surface area contributed by atoms with Crippen LogP contribution in [0.4, 0.5) is 0 Å². The number of benzene rings is 1. The second kappa shape index (κ2) is 12.8. The fraction of sp³-hybridized carbons (Fsp3) is 0.632. The Labute approximate surface area is 196 Å². The summed E-state index contributed by atoms with van der Waals surface area (Å²) in [7, 11) is -1.40. The van der Waals surface area contributed by atoms with Gasteiger partial charge in [-0.1, -0.05) is 30.7 Å². The fourth-order valence-electron chi connectivity index (χ4n) is 3.09. The van der Waals surface area contributed by atoms with Crippen molar-refractivity contribution in [1.29, 1.82) is 0 Å². The normalized spacial score (nSPS) is 17.3. The predicted octanol–water partition coefficient (Wildman–Crippen LogP) is 3.09. The molecule has 2 N–H and O–H groups in total. The number of piperidine rings is 1. The molecule has 29 heavy (non-hydrogen) atoms. The van der Waals surface area contributed by atoms with Crippen molar-refractivity contribution in [2.75, 3.05) is 32.4 Å². The minimum absolute atomic E-state index is 0. The average Bonchev–Trinajstić information content (AvgIpc) is 2.67. The lowest BCUT2D eigenvalue weighted by Gasteiger charge is -2.32. The average molecular weight is 559 g/mol. The fourth-order valence-corrected chi connectivity index (χ4v) is 4.81. The van der Waals surface area contributed by atoms with Crippen LogP contribution >= 0.6 is 35.6 Å². The van der Waals surface area contributed by atoms with Gasteiger partial charge >= 0.3 is 0 Å². The van der Waals surface area contributed by atoms with Crippen LogP contribution in [0.5, 0.6) is 5.75 Å². The highest BCUT2D eigenvalue weighted by Gasteiger charge is 2.27. The Balaban J connectivity index is 0.00000420. The number of nitrogens with zero attached hydrogens (tertiary/aromatic N) is 2. The number of hydrogen-bond acceptors (Lipinski definition) is 4. The van der Waals surface area contributed by atoms with E-state index < -0.39 is 10.0 Å². The molecule has 7 nitrogen and oxygen atoms in total. The third kappa shape index (κ3) is 8.47. The van der Waals surface area contributed by atoms with Gasteiger partial charge in [0.25, 0.3) is 0 Å². The van der Waals surface area contributed by atoms with Crippen LogP contribution in [0.3, 0.4) is 0 Å². The van der Waals surface area contributed by atoms with Gasteiger partial charge in [-0.15, -0.1) is 24.0 Å². The van der Waals surface area contributed by atoms with Crippen molar-refractivity contribution in [3.8, 4) is 5.75 Å². The Bertz CT molecular complexity index is 756. The third-order valence-corrected chi connectivity index (χ3v) is 6.98. The number of para-hydroxylation sites is 1. The molecule has 0 bridgehead atoms. The minimum Gasteiger partial charge on any atom is -0.487 e. The Kier molecular flexibility index (Phi) is 11.6. The second-order valence-electron chi connectivity index (χ2n) is 6.95. The summed E-state index contributed by atoms with van der Waals surface area (Å²) in [5, 5.41) is 7.22. The van der Waals surface area contributed by atoms with Crippen molar-refractivity contribution in [1.82, 2.24) is 14.9 Å². The zero-order valence-electron chi connectivity index (χ0n) is 17.2. The van der Waals surface area contributed by atoms with Gasteiger partial charge in [-0.05, 0) is 38.3 Å². The van der Waals surface area contributed by atoms with Crippen LogP contribution in [0, 0.1) is 0 Å². The molecule has 1 aromatic rings. The Morgan fingerprint density at radius 1 is 1.34 bits per heavy atom. The second-order valence-corrected chi connectivity index (χ2v) is 9.44. The molecular formula is C19H32ClIN4O3S. The monoisotopic (exact) mass is 558 g/mol. The molecular weight excluding hydrogens is 527 g/mol. The summed E-state index contributed by atoms with van der Waals surface area (Å²) in [5.74, 6) is 1.56. The first-order valence-electron chi connectivity index (χ1n) is 9.72. The minimum atomic E-state index is -3.11. The van der Waals surface area contributed by atoms with Crippen molar-refractivity contribution in [3.63, 3.8) is 0 Å². The van der Waals surface area contributed by atoms with Gasteiger partial charge in [-0.3, -0.25) is 4.99 Å². The van der Waals surface area contributed by atoms with Gasteiger partial charge in [0, 0.05) is 26.2 Å². The van der Waals surface area contributed by atoms with E-state index in [9.17, 15) is 8.42 Å². The van der Waals surface area contributed by atoms with E-state index in [0.717, 1.165) is 12.8 Å². The lowest BCUT2D eigenvalue weighted by atomic mass is 10.1. The van der Waals surface area contributed by atoms with Crippen LogP contribution in [-0.2, 0) is 10.0 Å². The summed E-state index contributed by atoms with van der Waals surface area (Å²) in [6.07, 6.45) is 2.07. The van der Waals surface area contributed by atoms with Crippen LogP contribution in [-0.4, -0.2) is 63.3 Å². The van der Waals surface area contributed by atoms with E-state index in [1.807, 2.05) is 32.0 Å². The third-order valence-electron chi connectivity index (χ3n) is 4.60. The molecule has 0 saturated carbocycles. The Morgan fingerprint density at radius 3 is 2.59 bits per heavy atom.